The van der Waals surface area contributed by atoms with E-state index in [1.54, 1.807) is 43.6 Å². The number of hydrogen-bond acceptors (Lipinski definition) is 10. The van der Waals surface area contributed by atoms with Crippen LogP contribution in [0.4, 0.5) is 10.7 Å². The molecule has 1 aliphatic rings. The first-order valence-corrected chi connectivity index (χ1v) is 15.3. The van der Waals surface area contributed by atoms with Gasteiger partial charge in [0.15, 0.2) is 23.7 Å². The molecule has 0 saturated carbocycles. The number of sulfonamides is 1. The van der Waals surface area contributed by atoms with E-state index in [0.29, 0.717) is 60.6 Å². The van der Waals surface area contributed by atoms with Crippen molar-refractivity contribution in [2.45, 2.75) is 56.2 Å². The predicted octanol–water partition coefficient (Wildman–Crippen LogP) is 3.63. The third-order valence-corrected chi connectivity index (χ3v) is 8.44. The number of fused-ring (bicyclic) bond motifs is 1. The molecular formula is C28H37N5O8S. The molecule has 2 heterocycles. The fraction of sp³-hybridized carbons (Fsp3) is 0.464. The van der Waals surface area contributed by atoms with Crippen LogP contribution in [0.5, 0.6) is 11.5 Å². The number of amides is 1. The summed E-state index contributed by atoms with van der Waals surface area (Å²) in [6, 6.07) is 7.03. The Balaban J connectivity index is 1.61. The quantitative estimate of drug-likeness (QED) is 0.194. The lowest BCUT2D eigenvalue weighted by atomic mass is 10.1. The molecule has 0 radical (unpaired) electrons. The van der Waals surface area contributed by atoms with Crippen molar-refractivity contribution in [3.8, 4) is 11.5 Å². The highest BCUT2D eigenvalue weighted by Gasteiger charge is 2.36. The minimum atomic E-state index is -4.21. The Hall–Kier alpha value is -4.04. The smallest absolute Gasteiger partial charge is 0.493 e. The number of imidazole rings is 1. The molecular weight excluding hydrogens is 566 g/mol. The maximum atomic E-state index is 13.9. The normalized spacial score (nSPS) is 16.1. The van der Waals surface area contributed by atoms with E-state index < -0.39 is 34.4 Å². The van der Waals surface area contributed by atoms with Crippen molar-refractivity contribution in [1.29, 1.82) is 0 Å². The molecule has 13 nitrogen and oxygen atoms in total. The lowest BCUT2D eigenvalue weighted by Crippen LogP contribution is -2.54. The number of piperidine rings is 1. The van der Waals surface area contributed by atoms with Crippen LogP contribution in [0.3, 0.4) is 0 Å². The molecule has 0 aliphatic carbocycles. The number of methoxy groups -OCH3 is 2. The van der Waals surface area contributed by atoms with Crippen LogP contribution in [0.2, 0.25) is 0 Å². The van der Waals surface area contributed by atoms with Gasteiger partial charge in [-0.15, -0.1) is 0 Å². The van der Waals surface area contributed by atoms with Crippen LogP contribution >= 0.6 is 0 Å². The molecule has 1 saturated heterocycles. The summed E-state index contributed by atoms with van der Waals surface area (Å²) in [6.07, 6.45) is 4.05. The highest BCUT2D eigenvalue weighted by molar-refractivity contribution is 7.89. The summed E-state index contributed by atoms with van der Waals surface area (Å²) in [5, 5.41) is 4.15. The Morgan fingerprint density at radius 1 is 1.17 bits per heavy atom. The van der Waals surface area contributed by atoms with Gasteiger partial charge in [-0.2, -0.15) is 4.72 Å². The van der Waals surface area contributed by atoms with Gasteiger partial charge in [-0.1, -0.05) is 12.1 Å². The van der Waals surface area contributed by atoms with Gasteiger partial charge in [-0.3, -0.25) is 4.79 Å². The van der Waals surface area contributed by atoms with Crippen molar-refractivity contribution in [3.63, 3.8) is 0 Å². The third kappa shape index (κ3) is 7.42. The Morgan fingerprint density at radius 2 is 1.95 bits per heavy atom. The molecule has 4 rings (SSSR count). The summed E-state index contributed by atoms with van der Waals surface area (Å²) in [5.74, 6) is 0.918. The Kier molecular flexibility index (Phi) is 10.5. The van der Waals surface area contributed by atoms with E-state index in [9.17, 15) is 18.0 Å². The number of aromatic amines is 1. The second-order valence-corrected chi connectivity index (χ2v) is 11.3. The molecule has 228 valence electrons. The Bertz CT molecular complexity index is 1460. The number of anilines is 1. The fourth-order valence-corrected chi connectivity index (χ4v) is 6.35. The zero-order valence-electron chi connectivity index (χ0n) is 23.9. The number of carbonyl (C=O) groups is 2. The van der Waals surface area contributed by atoms with E-state index in [-0.39, 0.29) is 17.9 Å². The zero-order valence-corrected chi connectivity index (χ0v) is 24.7. The molecule has 1 fully saturated rings. The van der Waals surface area contributed by atoms with E-state index >= 15 is 0 Å². The van der Waals surface area contributed by atoms with Gasteiger partial charge in [-0.25, -0.2) is 18.2 Å². The SMILES string of the molecule is CCOC(=O)O[C@@H]1CCCCN1C(=O)[C@H](CCCNc1ncc[nH]1)NS(=O)(=O)c1cccc2cc(OC)c(OC)cc12. The number of H-pyrrole nitrogens is 1. The van der Waals surface area contributed by atoms with Crippen LogP contribution in [0.25, 0.3) is 10.8 Å². The average Bonchev–Trinajstić information content (AvgIpc) is 3.51. The summed E-state index contributed by atoms with van der Waals surface area (Å²) < 4.78 is 51.5. The molecule has 42 heavy (non-hydrogen) atoms. The predicted molar refractivity (Wildman–Crippen MR) is 155 cm³/mol. The molecule has 0 spiro atoms. The molecule has 0 bridgehead atoms. The molecule has 1 aliphatic heterocycles. The van der Waals surface area contributed by atoms with Crippen molar-refractivity contribution in [1.82, 2.24) is 19.6 Å². The van der Waals surface area contributed by atoms with Gasteiger partial charge in [0.1, 0.15) is 6.04 Å². The molecule has 1 amide bonds. The average molecular weight is 604 g/mol. The molecule has 2 atom stereocenters. The van der Waals surface area contributed by atoms with Gasteiger partial charge in [-0.05, 0) is 56.2 Å². The monoisotopic (exact) mass is 603 g/mol. The number of benzene rings is 2. The Morgan fingerprint density at radius 3 is 2.67 bits per heavy atom. The van der Waals surface area contributed by atoms with Crippen molar-refractivity contribution in [2.24, 2.45) is 0 Å². The van der Waals surface area contributed by atoms with E-state index in [1.807, 2.05) is 0 Å². The lowest BCUT2D eigenvalue weighted by molar-refractivity contribution is -0.148. The second kappa shape index (κ2) is 14.2. The summed E-state index contributed by atoms with van der Waals surface area (Å²) in [5.41, 5.74) is 0. The Labute approximate surface area is 244 Å². The van der Waals surface area contributed by atoms with Gasteiger partial charge in [0.25, 0.3) is 0 Å². The molecule has 14 heteroatoms. The molecule has 3 N–H and O–H groups in total. The van der Waals surface area contributed by atoms with Gasteiger partial charge < -0.3 is 34.1 Å². The second-order valence-electron chi connectivity index (χ2n) is 9.65. The van der Waals surface area contributed by atoms with Crippen LogP contribution in [0.15, 0.2) is 47.6 Å². The van der Waals surface area contributed by atoms with Crippen LogP contribution in [-0.4, -0.2) is 81.5 Å². The van der Waals surface area contributed by atoms with E-state index in [0.717, 1.165) is 6.42 Å². The van der Waals surface area contributed by atoms with E-state index in [2.05, 4.69) is 20.0 Å². The van der Waals surface area contributed by atoms with Crippen molar-refractivity contribution < 1.29 is 37.0 Å². The summed E-state index contributed by atoms with van der Waals surface area (Å²) in [4.78, 5) is 34.5. The van der Waals surface area contributed by atoms with Gasteiger partial charge in [0.05, 0.1) is 25.7 Å². The van der Waals surface area contributed by atoms with E-state index in [1.165, 1.54) is 25.2 Å². The van der Waals surface area contributed by atoms with Crippen LogP contribution < -0.4 is 19.5 Å². The molecule has 1 aromatic heterocycles. The van der Waals surface area contributed by atoms with Gasteiger partial charge in [0.2, 0.25) is 15.9 Å². The van der Waals surface area contributed by atoms with Crippen LogP contribution in [0, 0.1) is 0 Å². The van der Waals surface area contributed by atoms with Gasteiger partial charge >= 0.3 is 6.16 Å². The maximum absolute atomic E-state index is 13.9. The highest BCUT2D eigenvalue weighted by atomic mass is 32.2. The summed E-state index contributed by atoms with van der Waals surface area (Å²) >= 11 is 0. The van der Waals surface area contributed by atoms with Gasteiger partial charge in [0, 0.05) is 37.3 Å². The number of rotatable bonds is 13. The van der Waals surface area contributed by atoms with Crippen molar-refractivity contribution in [3.05, 3.63) is 42.7 Å². The molecule has 3 aromatic rings. The number of carbonyl (C=O) groups excluding carboxylic acids is 2. The molecule has 0 unspecified atom stereocenters. The standard InChI is InChI=1S/C28H37N5O8S/c1-4-40-28(35)41-25-12-5-6-16-33(25)26(34)21(10-8-13-29-27-30-14-15-31-27)32-42(36,37)24-11-7-9-19-17-22(38-2)23(39-3)18-20(19)24/h7,9,11,14-15,17-18,21,25,32H,4-6,8,10,12-13,16H2,1-3H3,(H2,29,30,31)/t21-,25+/m0/s1. The third-order valence-electron chi connectivity index (χ3n) is 6.92. The minimum absolute atomic E-state index is 0.00886. The number of aromatic nitrogens is 2. The van der Waals surface area contributed by atoms with Crippen LogP contribution in [0.1, 0.15) is 39.0 Å². The largest absolute Gasteiger partial charge is 0.510 e. The summed E-state index contributed by atoms with van der Waals surface area (Å²) in [6.45, 7) is 2.54. The first kappa shape index (κ1) is 30.9. The number of hydrogen-bond donors (Lipinski definition) is 3. The number of nitrogens with one attached hydrogen (secondary N) is 3. The maximum Gasteiger partial charge on any atom is 0.510 e. The highest BCUT2D eigenvalue weighted by Crippen LogP contribution is 2.35. The summed E-state index contributed by atoms with van der Waals surface area (Å²) in [7, 11) is -1.24. The number of likely N-dealkylation sites (tertiary alicyclic amines) is 1. The number of ether oxygens (including phenoxy) is 4. The lowest BCUT2D eigenvalue weighted by Gasteiger charge is -2.36. The zero-order chi connectivity index (χ0) is 30.1. The topological polar surface area (TPSA) is 161 Å². The fourth-order valence-electron chi connectivity index (χ4n) is 4.91. The van der Waals surface area contributed by atoms with Crippen LogP contribution in [-0.2, 0) is 24.3 Å². The van der Waals surface area contributed by atoms with E-state index in [4.69, 9.17) is 18.9 Å². The number of nitrogens with zero attached hydrogens (tertiary/aromatic N) is 2. The van der Waals surface area contributed by atoms with Crippen molar-refractivity contribution in [2.75, 3.05) is 39.2 Å². The molecule has 2 aromatic carbocycles. The van der Waals surface area contributed by atoms with Crippen molar-refractivity contribution >= 4 is 38.8 Å². The first-order chi connectivity index (χ1) is 20.3. The first-order valence-electron chi connectivity index (χ1n) is 13.8. The minimum Gasteiger partial charge on any atom is -0.493 e.